The zero-order chi connectivity index (χ0) is 12.9. The Balaban J connectivity index is 2.02. The Labute approximate surface area is 112 Å². The molecule has 3 nitrogen and oxygen atoms in total. The minimum Gasteiger partial charge on any atom is -0.325 e. The van der Waals surface area contributed by atoms with Crippen LogP contribution < -0.4 is 0 Å². The van der Waals surface area contributed by atoms with Gasteiger partial charge < -0.3 is 9.36 Å². The quantitative estimate of drug-likeness (QED) is 0.796. The van der Waals surface area contributed by atoms with E-state index in [1.165, 1.54) is 6.07 Å². The molecule has 2 aromatic rings. The van der Waals surface area contributed by atoms with Gasteiger partial charge in [-0.15, -0.1) is 0 Å². The Morgan fingerprint density at radius 2 is 2.28 bits per heavy atom. The van der Waals surface area contributed by atoms with Gasteiger partial charge >= 0.3 is 0 Å². The van der Waals surface area contributed by atoms with Gasteiger partial charge in [0.05, 0.1) is 11.8 Å². The van der Waals surface area contributed by atoms with Crippen LogP contribution in [0.3, 0.4) is 0 Å². The van der Waals surface area contributed by atoms with Gasteiger partial charge in [0.15, 0.2) is 0 Å². The lowest BCUT2D eigenvalue weighted by molar-refractivity contribution is -0.121. The van der Waals surface area contributed by atoms with Crippen LogP contribution in [0, 0.1) is 11.2 Å². The molecule has 1 aromatic carbocycles. The molecular weight excluding hydrogens is 299 g/mol. The smallest absolute Gasteiger partial charge is 0.150 e. The average Bonchev–Trinajstić information content (AvgIpc) is 2.68. The molecule has 0 atom stereocenters. The number of carbonyl (C=O) groups is 1. The van der Waals surface area contributed by atoms with Crippen molar-refractivity contribution >= 4 is 33.2 Å². The maximum absolute atomic E-state index is 14.0. The highest BCUT2D eigenvalue weighted by atomic mass is 79.9. The lowest BCUT2D eigenvalue weighted by atomic mass is 9.68. The predicted octanol–water partition coefficient (Wildman–Crippen LogP) is 3.48. The number of aldehydes is 1. The predicted molar refractivity (Wildman–Crippen MR) is 69.8 cm³/mol. The monoisotopic (exact) mass is 310 g/mol. The molecule has 1 aliphatic carbocycles. The highest BCUT2D eigenvalue weighted by Crippen LogP contribution is 2.47. The lowest BCUT2D eigenvalue weighted by Crippen LogP contribution is -2.37. The van der Waals surface area contributed by atoms with Crippen LogP contribution >= 0.6 is 15.9 Å². The summed E-state index contributed by atoms with van der Waals surface area (Å²) in [6.45, 7) is 1.93. The molecular formula is C13H12BrFN2O. The van der Waals surface area contributed by atoms with Crippen LogP contribution in [-0.2, 0) is 4.79 Å². The first kappa shape index (κ1) is 11.8. The third kappa shape index (κ3) is 1.68. The second-order valence-corrected chi connectivity index (χ2v) is 6.16. The van der Waals surface area contributed by atoms with E-state index in [9.17, 15) is 9.18 Å². The second kappa shape index (κ2) is 3.88. The van der Waals surface area contributed by atoms with Crippen molar-refractivity contribution < 1.29 is 9.18 Å². The highest BCUT2D eigenvalue weighted by Gasteiger charge is 2.41. The Bertz CT molecular complexity index is 631. The molecule has 0 unspecified atom stereocenters. The summed E-state index contributed by atoms with van der Waals surface area (Å²) in [7, 11) is 0. The van der Waals surface area contributed by atoms with E-state index in [1.54, 1.807) is 12.4 Å². The van der Waals surface area contributed by atoms with Crippen LogP contribution in [0.2, 0.25) is 0 Å². The Kier molecular flexibility index (Phi) is 2.55. The third-order valence-corrected chi connectivity index (χ3v) is 4.13. The summed E-state index contributed by atoms with van der Waals surface area (Å²) in [6.07, 6.45) is 4.15. The van der Waals surface area contributed by atoms with Gasteiger partial charge in [-0.1, -0.05) is 22.9 Å². The maximum Gasteiger partial charge on any atom is 0.150 e. The van der Waals surface area contributed by atoms with Crippen molar-refractivity contribution in [1.29, 1.82) is 0 Å². The number of nitrogens with zero attached hydrogens (tertiary/aromatic N) is 2. The highest BCUT2D eigenvalue weighted by molar-refractivity contribution is 9.10. The largest absolute Gasteiger partial charge is 0.325 e. The first-order chi connectivity index (χ1) is 8.52. The number of hydrogen-bond acceptors (Lipinski definition) is 2. The summed E-state index contributed by atoms with van der Waals surface area (Å²) >= 11 is 3.25. The maximum atomic E-state index is 14.0. The van der Waals surface area contributed by atoms with Gasteiger partial charge in [0.2, 0.25) is 0 Å². The van der Waals surface area contributed by atoms with Gasteiger partial charge in [-0.3, -0.25) is 0 Å². The van der Waals surface area contributed by atoms with Crippen molar-refractivity contribution in [2.45, 2.75) is 25.8 Å². The molecule has 1 saturated carbocycles. The number of fused-ring (bicyclic) bond motifs is 1. The second-order valence-electron chi connectivity index (χ2n) is 5.24. The molecule has 0 radical (unpaired) electrons. The molecule has 0 spiro atoms. The van der Waals surface area contributed by atoms with Crippen molar-refractivity contribution in [2.24, 2.45) is 5.41 Å². The molecule has 0 saturated heterocycles. The number of aromatic nitrogens is 2. The zero-order valence-electron chi connectivity index (χ0n) is 9.86. The first-order valence-electron chi connectivity index (χ1n) is 5.80. The van der Waals surface area contributed by atoms with E-state index >= 15 is 0 Å². The van der Waals surface area contributed by atoms with Gasteiger partial charge in [-0.25, -0.2) is 9.37 Å². The number of halogens is 2. The molecule has 1 aliphatic rings. The fraction of sp³-hybridized carbons (Fsp3) is 0.385. The van der Waals surface area contributed by atoms with Crippen molar-refractivity contribution in [1.82, 2.24) is 9.55 Å². The molecule has 3 rings (SSSR count). The fourth-order valence-electron chi connectivity index (χ4n) is 2.68. The van der Waals surface area contributed by atoms with E-state index < -0.39 is 0 Å². The van der Waals surface area contributed by atoms with Crippen LogP contribution in [-0.4, -0.2) is 15.8 Å². The number of rotatable bonds is 2. The van der Waals surface area contributed by atoms with Crippen LogP contribution in [0.15, 0.2) is 22.9 Å². The molecule has 0 amide bonds. The minimum absolute atomic E-state index is 0.167. The SMILES string of the molecule is C[C@]1(C=O)C[C@@H](n2cnc3cc(Br)cc(F)c32)C1. The summed E-state index contributed by atoms with van der Waals surface area (Å²) in [4.78, 5) is 15.1. The molecule has 94 valence electrons. The van der Waals surface area contributed by atoms with Gasteiger partial charge in [-0.2, -0.15) is 0 Å². The van der Waals surface area contributed by atoms with Crippen LogP contribution in [0.25, 0.3) is 11.0 Å². The number of hydrogen-bond donors (Lipinski definition) is 0. The number of carbonyl (C=O) groups excluding carboxylic acids is 1. The van der Waals surface area contributed by atoms with Crippen molar-refractivity contribution in [3.63, 3.8) is 0 Å². The van der Waals surface area contributed by atoms with E-state index in [1.807, 2.05) is 11.5 Å². The molecule has 1 fully saturated rings. The zero-order valence-corrected chi connectivity index (χ0v) is 11.4. The topological polar surface area (TPSA) is 34.9 Å². The molecule has 1 aromatic heterocycles. The average molecular weight is 311 g/mol. The van der Waals surface area contributed by atoms with Crippen molar-refractivity contribution in [3.05, 3.63) is 28.7 Å². The van der Waals surface area contributed by atoms with Gasteiger partial charge in [0, 0.05) is 15.9 Å². The summed E-state index contributed by atoms with van der Waals surface area (Å²) in [6, 6.07) is 3.41. The van der Waals surface area contributed by atoms with E-state index in [4.69, 9.17) is 0 Å². The van der Waals surface area contributed by atoms with Crippen LogP contribution in [0.4, 0.5) is 4.39 Å². The minimum atomic E-state index is -0.281. The van der Waals surface area contributed by atoms with Crippen molar-refractivity contribution in [3.8, 4) is 0 Å². The molecule has 5 heteroatoms. The molecule has 0 bridgehead atoms. The molecule has 0 N–H and O–H groups in total. The Morgan fingerprint density at radius 1 is 1.56 bits per heavy atom. The van der Waals surface area contributed by atoms with Crippen LogP contribution in [0.5, 0.6) is 0 Å². The number of imidazole rings is 1. The van der Waals surface area contributed by atoms with E-state index in [0.717, 1.165) is 19.1 Å². The summed E-state index contributed by atoms with van der Waals surface area (Å²) in [5, 5.41) is 0. The van der Waals surface area contributed by atoms with Gasteiger partial charge in [-0.05, 0) is 25.0 Å². The molecule has 18 heavy (non-hydrogen) atoms. The third-order valence-electron chi connectivity index (χ3n) is 3.67. The standard InChI is InChI=1S/C13H12BrFN2O/c1-13(6-18)4-9(5-13)17-7-16-11-3-8(14)2-10(15)12(11)17/h2-3,6-7,9H,4-5H2,1H3/t9-,13+. The summed E-state index contributed by atoms with van der Waals surface area (Å²) < 4.78 is 16.5. The van der Waals surface area contributed by atoms with Crippen molar-refractivity contribution in [2.75, 3.05) is 0 Å². The van der Waals surface area contributed by atoms with Gasteiger partial charge in [0.1, 0.15) is 17.6 Å². The molecule has 1 heterocycles. The van der Waals surface area contributed by atoms with E-state index in [2.05, 4.69) is 20.9 Å². The normalized spacial score (nSPS) is 27.2. The molecule has 0 aliphatic heterocycles. The number of benzene rings is 1. The lowest BCUT2D eigenvalue weighted by Gasteiger charge is -2.41. The Morgan fingerprint density at radius 3 is 2.94 bits per heavy atom. The fourth-order valence-corrected chi connectivity index (χ4v) is 3.09. The summed E-state index contributed by atoms with van der Waals surface area (Å²) in [5.74, 6) is -0.281. The van der Waals surface area contributed by atoms with E-state index in [-0.39, 0.29) is 17.3 Å². The van der Waals surface area contributed by atoms with Crippen LogP contribution in [0.1, 0.15) is 25.8 Å². The van der Waals surface area contributed by atoms with E-state index in [0.29, 0.717) is 15.5 Å². The first-order valence-corrected chi connectivity index (χ1v) is 6.60. The van der Waals surface area contributed by atoms with Gasteiger partial charge in [0.25, 0.3) is 0 Å². The summed E-state index contributed by atoms with van der Waals surface area (Å²) in [5.41, 5.74) is 0.908. The Hall–Kier alpha value is -1.23.